The Bertz CT molecular complexity index is 5750. The van der Waals surface area contributed by atoms with Gasteiger partial charge < -0.3 is 9.47 Å². The zero-order chi connectivity index (χ0) is 83.8. The van der Waals surface area contributed by atoms with Crippen molar-refractivity contribution >= 4 is 80.2 Å². The number of nitriles is 4. The van der Waals surface area contributed by atoms with Crippen molar-refractivity contribution in [1.82, 2.24) is 0 Å². The van der Waals surface area contributed by atoms with Crippen molar-refractivity contribution in [3.8, 4) is 76.2 Å². The van der Waals surface area contributed by atoms with Crippen LogP contribution in [0.4, 0.5) is 17.6 Å². The number of Topliss-reactive ketones (excluding diaryl/α,β-unsaturated/α-hetero) is 2. The van der Waals surface area contributed by atoms with Gasteiger partial charge in [-0.15, -0.1) is 45.3 Å². The summed E-state index contributed by atoms with van der Waals surface area (Å²) < 4.78 is 74.9. The highest BCUT2D eigenvalue weighted by molar-refractivity contribution is 7.25. The maximum Gasteiger partial charge on any atom is 0.194 e. The number of carbonyl (C=O) groups excluding carboxylic acids is 2. The molecule has 0 radical (unpaired) electrons. The van der Waals surface area contributed by atoms with Gasteiger partial charge in [0.2, 0.25) is 0 Å². The molecule has 0 bridgehead atoms. The van der Waals surface area contributed by atoms with E-state index >= 15 is 17.6 Å². The van der Waals surface area contributed by atoms with E-state index in [1.54, 1.807) is 34.8 Å². The van der Waals surface area contributed by atoms with Crippen LogP contribution in [0, 0.1) is 80.4 Å². The summed E-state index contributed by atoms with van der Waals surface area (Å²) in [5.74, 6) is -4.39. The molecule has 0 N–H and O–H groups in total. The van der Waals surface area contributed by atoms with Crippen molar-refractivity contribution in [1.29, 1.82) is 21.0 Å². The molecule has 4 aromatic heterocycles. The van der Waals surface area contributed by atoms with Crippen LogP contribution in [0.2, 0.25) is 0 Å². The second kappa shape index (κ2) is 37.6. The number of carbonyl (C=O) groups is 2. The maximum atomic E-state index is 15.3. The van der Waals surface area contributed by atoms with Gasteiger partial charge in [-0.3, -0.25) is 9.59 Å². The molecule has 0 saturated heterocycles. The Balaban J connectivity index is 1.02. The number of hydrogen-bond acceptors (Lipinski definition) is 12. The Morgan fingerprint density at radius 3 is 1.14 bits per heavy atom. The fourth-order valence-electron chi connectivity index (χ4n) is 18.0. The molecule has 119 heavy (non-hydrogen) atoms. The molecule has 6 aromatic carbocycles. The lowest BCUT2D eigenvalue weighted by Crippen LogP contribution is -2.29. The fraction of sp³-hybridized carbons (Fsp3) is 0.359. The van der Waals surface area contributed by atoms with Crippen molar-refractivity contribution in [2.75, 3.05) is 13.2 Å². The van der Waals surface area contributed by atoms with E-state index in [4.69, 9.17) is 9.47 Å². The maximum absolute atomic E-state index is 15.3. The van der Waals surface area contributed by atoms with Crippen LogP contribution in [0.5, 0.6) is 11.5 Å². The summed E-state index contributed by atoms with van der Waals surface area (Å²) in [5, 5.41) is 41.6. The van der Waals surface area contributed by atoms with Crippen LogP contribution >= 0.6 is 45.3 Å². The number of allylic oxidation sites excluding steroid dienone is 6. The molecule has 16 heteroatoms. The quantitative estimate of drug-likeness (QED) is 0.0163. The molecule has 4 heterocycles. The number of rotatable bonds is 36. The van der Waals surface area contributed by atoms with Crippen LogP contribution in [-0.2, 0) is 30.1 Å². The Hall–Kier alpha value is -10.3. The average molecular weight is 1660 g/mol. The monoisotopic (exact) mass is 1660 g/mol. The summed E-state index contributed by atoms with van der Waals surface area (Å²) >= 11 is 6.27. The largest absolute Gasteiger partial charge is 0.492 e. The number of halogens is 4. The molecule has 608 valence electrons. The standard InChI is InChI=1S/C103H100F4N4O4S4/c1-9-16-21-24-29-64-32-38-69(39-33-64)102(8)82-48-79-83(49-78(82)98-84(102)54-92(118-98)100-90(114-60-62(14-6)27-19-12-4)46-72(116-100)44-80-94(67(56-108)57-109)74-50-86(104)88(106)52-76(74)96(80)112)103(70-40-34-65(35-41-70)30-25-22-17-10-2,71-42-36-66(37-43-71)31-26-23-18-11-3)85-55-93(119-99(79)85)101-91(115-61-63(15-7)28-20-13-5)47-73(117-101)45-81-95(68(58-110)59-111)75-51-87(105)89(107)53-77(75)97(81)113/h32-55,62-63H,9-31,60-61H2,1-8H3/b80-44+,81-45-. The topological polar surface area (TPSA) is 148 Å². The molecule has 0 spiro atoms. The van der Waals surface area contributed by atoms with Gasteiger partial charge in [-0.1, -0.05) is 218 Å². The number of fused-ring (bicyclic) bond motifs is 8. The molecular weight excluding hydrogens is 1560 g/mol. The van der Waals surface area contributed by atoms with Crippen LogP contribution in [-0.4, -0.2) is 24.8 Å². The van der Waals surface area contributed by atoms with Crippen LogP contribution in [0.1, 0.15) is 281 Å². The number of aryl methyl sites for hydroxylation is 3. The molecule has 4 aliphatic carbocycles. The third kappa shape index (κ3) is 16.5. The highest BCUT2D eigenvalue weighted by Gasteiger charge is 2.52. The van der Waals surface area contributed by atoms with Crippen LogP contribution in [0.15, 0.2) is 156 Å². The minimum absolute atomic E-state index is 0.0144. The first-order valence-corrected chi connectivity index (χ1v) is 46.0. The van der Waals surface area contributed by atoms with Gasteiger partial charge in [-0.05, 0) is 221 Å². The van der Waals surface area contributed by atoms with E-state index in [1.165, 1.54) is 58.6 Å². The van der Waals surface area contributed by atoms with E-state index in [1.807, 2.05) is 36.4 Å². The van der Waals surface area contributed by atoms with E-state index in [2.05, 4.69) is 152 Å². The van der Waals surface area contributed by atoms with Crippen molar-refractivity contribution in [3.63, 3.8) is 0 Å². The highest BCUT2D eigenvalue weighted by atomic mass is 32.1. The van der Waals surface area contributed by atoms with Crippen molar-refractivity contribution < 1.29 is 36.6 Å². The lowest BCUT2D eigenvalue weighted by Gasteiger charge is -2.34. The molecule has 0 saturated carbocycles. The van der Waals surface area contributed by atoms with Crippen LogP contribution in [0.25, 0.3) is 63.7 Å². The first-order valence-electron chi connectivity index (χ1n) is 42.8. The molecule has 4 aliphatic rings. The molecule has 0 aliphatic heterocycles. The second-order valence-electron chi connectivity index (χ2n) is 32.5. The van der Waals surface area contributed by atoms with E-state index in [-0.39, 0.29) is 56.4 Å². The van der Waals surface area contributed by atoms with Crippen molar-refractivity contribution in [3.05, 3.63) is 267 Å². The second-order valence-corrected chi connectivity index (χ2v) is 36.8. The Kier molecular flexibility index (Phi) is 26.9. The lowest BCUT2D eigenvalue weighted by atomic mass is 9.67. The highest BCUT2D eigenvalue weighted by Crippen LogP contribution is 2.66. The summed E-state index contributed by atoms with van der Waals surface area (Å²) in [5.41, 5.74) is 10.9. The number of ketones is 2. The van der Waals surface area contributed by atoms with Gasteiger partial charge in [-0.25, -0.2) is 17.6 Å². The summed E-state index contributed by atoms with van der Waals surface area (Å²) in [6.07, 6.45) is 27.6. The first kappa shape index (κ1) is 85.1. The fourth-order valence-corrected chi connectivity index (χ4v) is 22.9. The Morgan fingerprint density at radius 2 is 0.756 bits per heavy atom. The third-order valence-electron chi connectivity index (χ3n) is 24.9. The number of ether oxygens (including phenoxy) is 2. The molecule has 3 atom stereocenters. The van der Waals surface area contributed by atoms with Crippen molar-refractivity contribution in [2.45, 2.75) is 214 Å². The summed E-state index contributed by atoms with van der Waals surface area (Å²) in [6, 6.07) is 52.7. The Labute approximate surface area is 714 Å². The zero-order valence-electron chi connectivity index (χ0n) is 69.3. The summed E-state index contributed by atoms with van der Waals surface area (Å²) in [4.78, 5) is 36.1. The smallest absolute Gasteiger partial charge is 0.194 e. The molecule has 10 aromatic rings. The van der Waals surface area contributed by atoms with Crippen molar-refractivity contribution in [2.24, 2.45) is 11.8 Å². The normalized spacial score (nSPS) is 15.8. The predicted molar refractivity (Wildman–Crippen MR) is 478 cm³/mol. The summed E-state index contributed by atoms with van der Waals surface area (Å²) in [7, 11) is 0. The van der Waals surface area contributed by atoms with E-state index in [0.717, 1.165) is 232 Å². The van der Waals surface area contributed by atoms with Gasteiger partial charge in [0.05, 0.1) is 28.4 Å². The number of benzene rings is 6. The van der Waals surface area contributed by atoms with Gasteiger partial charge in [0.25, 0.3) is 0 Å². The third-order valence-corrected chi connectivity index (χ3v) is 29.7. The summed E-state index contributed by atoms with van der Waals surface area (Å²) in [6.45, 7) is 18.7. The van der Waals surface area contributed by atoms with Gasteiger partial charge in [-0.2, -0.15) is 21.0 Å². The van der Waals surface area contributed by atoms with Crippen LogP contribution in [0.3, 0.4) is 0 Å². The molecular formula is C103H100F4N4O4S4. The minimum Gasteiger partial charge on any atom is -0.492 e. The van der Waals surface area contributed by atoms with Gasteiger partial charge in [0.1, 0.15) is 46.9 Å². The minimum atomic E-state index is -1.21. The molecule has 0 amide bonds. The molecule has 3 unspecified atom stereocenters. The van der Waals surface area contributed by atoms with Crippen LogP contribution < -0.4 is 9.47 Å². The number of hydrogen-bond donors (Lipinski definition) is 0. The number of unbranched alkanes of at least 4 members (excludes halogenated alkanes) is 11. The van der Waals surface area contributed by atoms with Gasteiger partial charge in [0.15, 0.2) is 34.8 Å². The van der Waals surface area contributed by atoms with Gasteiger partial charge in [0, 0.05) is 68.1 Å². The van der Waals surface area contributed by atoms with E-state index in [0.29, 0.717) is 34.5 Å². The van der Waals surface area contributed by atoms with E-state index in [9.17, 15) is 30.6 Å². The first-order chi connectivity index (χ1) is 57.8. The molecule has 8 nitrogen and oxygen atoms in total. The zero-order valence-corrected chi connectivity index (χ0v) is 72.5. The SMILES string of the molecule is CCCCCCc1ccc(C2(C)c3cc4c(cc3-c3sc(-c5sc(/C=C6/C(=O)c7cc(F)c(F)cc7C6=C(C#N)C#N)cc5OCC(CC)CCCC)cc32)C(c2ccc(CCCCCC)cc2)(c2ccc(CCCCCC)cc2)c2cc(-c3sc(/C=C5\C(=O)c6cc(F)c(F)cc6C5=C(C#N)C#N)cc3OCC(CC)CCCC)sc2-4)cc1. The number of thiophene rings is 4. The molecule has 0 fully saturated rings. The average Bonchev–Trinajstić information content (AvgIpc) is 1.51. The number of nitrogens with zero attached hydrogens (tertiary/aromatic N) is 4. The lowest BCUT2D eigenvalue weighted by molar-refractivity contribution is 0.103. The Morgan fingerprint density at radius 1 is 0.395 bits per heavy atom. The molecule has 14 rings (SSSR count). The predicted octanol–water partition coefficient (Wildman–Crippen LogP) is 29.2. The van der Waals surface area contributed by atoms with E-state index < -0.39 is 56.8 Å². The van der Waals surface area contributed by atoms with Gasteiger partial charge >= 0.3 is 0 Å².